The van der Waals surface area contributed by atoms with Crippen LogP contribution in [0.5, 0.6) is 5.75 Å². The zero-order chi connectivity index (χ0) is 20.8. The summed E-state index contributed by atoms with van der Waals surface area (Å²) in [6, 6.07) is 18.7. The number of rotatable bonds is 6. The van der Waals surface area contributed by atoms with Crippen molar-refractivity contribution in [1.29, 1.82) is 0 Å². The molecule has 0 aromatic heterocycles. The number of hydrogen-bond donors (Lipinski definition) is 2. The summed E-state index contributed by atoms with van der Waals surface area (Å²) in [7, 11) is 0. The van der Waals surface area contributed by atoms with Crippen LogP contribution < -0.4 is 15.4 Å². The quantitative estimate of drug-likeness (QED) is 0.538. The fourth-order valence-electron chi connectivity index (χ4n) is 2.56. The fourth-order valence-corrected chi connectivity index (χ4v) is 2.87. The van der Waals surface area contributed by atoms with Gasteiger partial charge >= 0.3 is 0 Å². The maximum atomic E-state index is 12.4. The van der Waals surface area contributed by atoms with Crippen molar-refractivity contribution in [3.05, 3.63) is 87.9 Å². The molecule has 0 aliphatic rings. The van der Waals surface area contributed by atoms with E-state index in [9.17, 15) is 9.59 Å². The van der Waals surface area contributed by atoms with Crippen LogP contribution in [0.1, 0.15) is 15.9 Å². The Bertz CT molecular complexity index is 1050. The van der Waals surface area contributed by atoms with Gasteiger partial charge in [0.1, 0.15) is 5.75 Å². The highest BCUT2D eigenvalue weighted by molar-refractivity contribution is 6.31. The Hall–Kier alpha value is -3.02. The average Bonchev–Trinajstić information content (AvgIpc) is 2.69. The first-order chi connectivity index (χ1) is 13.9. The lowest BCUT2D eigenvalue weighted by Crippen LogP contribution is -2.20. The summed E-state index contributed by atoms with van der Waals surface area (Å²) in [4.78, 5) is 24.6. The predicted octanol–water partition coefficient (Wildman–Crippen LogP) is 5.57. The summed E-state index contributed by atoms with van der Waals surface area (Å²) in [6.45, 7) is 1.69. The molecule has 3 aromatic rings. The largest absolute Gasteiger partial charge is 0.484 e. The van der Waals surface area contributed by atoms with Gasteiger partial charge in [-0.05, 0) is 67.1 Å². The highest BCUT2D eigenvalue weighted by atomic mass is 35.5. The van der Waals surface area contributed by atoms with Gasteiger partial charge in [-0.3, -0.25) is 9.59 Å². The molecule has 0 heterocycles. The minimum atomic E-state index is -0.343. The van der Waals surface area contributed by atoms with Gasteiger partial charge in [0.2, 0.25) is 0 Å². The van der Waals surface area contributed by atoms with Crippen LogP contribution in [0.2, 0.25) is 10.0 Å². The summed E-state index contributed by atoms with van der Waals surface area (Å²) in [5.41, 5.74) is 2.34. The van der Waals surface area contributed by atoms with Crippen LogP contribution in [-0.2, 0) is 4.79 Å². The van der Waals surface area contributed by atoms with Crippen LogP contribution in [0.3, 0.4) is 0 Å². The second-order valence-corrected chi connectivity index (χ2v) is 7.14. The number of ether oxygens (including phenoxy) is 1. The molecule has 0 radical (unpaired) electrons. The van der Waals surface area contributed by atoms with E-state index in [1.165, 1.54) is 0 Å². The summed E-state index contributed by atoms with van der Waals surface area (Å²) >= 11 is 11.9. The molecule has 29 heavy (non-hydrogen) atoms. The van der Waals surface area contributed by atoms with E-state index >= 15 is 0 Å². The summed E-state index contributed by atoms with van der Waals surface area (Å²) in [5, 5.41) is 6.64. The SMILES string of the molecule is Cc1cc(OCC(=O)Nc2cccc(C(=O)Nc3cccc(Cl)c3)c2)ccc1Cl. The average molecular weight is 429 g/mol. The lowest BCUT2D eigenvalue weighted by Gasteiger charge is -2.10. The smallest absolute Gasteiger partial charge is 0.262 e. The number of carbonyl (C=O) groups excluding carboxylic acids is 2. The summed E-state index contributed by atoms with van der Waals surface area (Å²) in [6.07, 6.45) is 0. The molecule has 0 unspecified atom stereocenters. The van der Waals surface area contributed by atoms with Crippen molar-refractivity contribution in [3.8, 4) is 5.75 Å². The van der Waals surface area contributed by atoms with Crippen LogP contribution in [0.4, 0.5) is 11.4 Å². The third-order valence-corrected chi connectivity index (χ3v) is 4.65. The first-order valence-electron chi connectivity index (χ1n) is 8.76. The number of amides is 2. The topological polar surface area (TPSA) is 67.4 Å². The third-order valence-electron chi connectivity index (χ3n) is 3.99. The molecule has 0 aliphatic heterocycles. The molecule has 7 heteroatoms. The molecule has 0 spiro atoms. The van der Waals surface area contributed by atoms with Gasteiger partial charge in [-0.15, -0.1) is 0 Å². The highest BCUT2D eigenvalue weighted by Crippen LogP contribution is 2.21. The first-order valence-corrected chi connectivity index (χ1v) is 9.52. The number of halogens is 2. The zero-order valence-electron chi connectivity index (χ0n) is 15.5. The van der Waals surface area contributed by atoms with Crippen molar-refractivity contribution in [1.82, 2.24) is 0 Å². The van der Waals surface area contributed by atoms with Crippen molar-refractivity contribution >= 4 is 46.4 Å². The van der Waals surface area contributed by atoms with E-state index in [0.29, 0.717) is 32.7 Å². The van der Waals surface area contributed by atoms with E-state index in [1.807, 2.05) is 6.92 Å². The van der Waals surface area contributed by atoms with Crippen LogP contribution in [0.25, 0.3) is 0 Å². The van der Waals surface area contributed by atoms with E-state index in [0.717, 1.165) is 5.56 Å². The minimum absolute atomic E-state index is 0.167. The molecule has 0 aliphatic carbocycles. The number of benzene rings is 3. The van der Waals surface area contributed by atoms with Crippen LogP contribution >= 0.6 is 23.2 Å². The Kier molecular flexibility index (Phi) is 6.75. The second-order valence-electron chi connectivity index (χ2n) is 6.29. The van der Waals surface area contributed by atoms with Crippen LogP contribution in [0, 0.1) is 6.92 Å². The minimum Gasteiger partial charge on any atom is -0.484 e. The Morgan fingerprint density at radius 2 is 1.62 bits per heavy atom. The highest BCUT2D eigenvalue weighted by Gasteiger charge is 2.10. The number of carbonyl (C=O) groups is 2. The molecule has 3 rings (SSSR count). The monoisotopic (exact) mass is 428 g/mol. The number of hydrogen-bond acceptors (Lipinski definition) is 3. The van der Waals surface area contributed by atoms with E-state index in [2.05, 4.69) is 10.6 Å². The summed E-state index contributed by atoms with van der Waals surface area (Å²) < 4.78 is 5.48. The van der Waals surface area contributed by atoms with Gasteiger partial charge < -0.3 is 15.4 Å². The Balaban J connectivity index is 1.59. The van der Waals surface area contributed by atoms with Gasteiger partial charge in [-0.25, -0.2) is 0 Å². The van der Waals surface area contributed by atoms with Crippen molar-refractivity contribution in [2.24, 2.45) is 0 Å². The van der Waals surface area contributed by atoms with Crippen molar-refractivity contribution < 1.29 is 14.3 Å². The number of aryl methyl sites for hydroxylation is 1. The molecule has 148 valence electrons. The molecule has 0 saturated carbocycles. The van der Waals surface area contributed by atoms with Gasteiger partial charge in [-0.1, -0.05) is 35.3 Å². The standard InChI is InChI=1S/C22H18Cl2N2O3/c1-14-10-19(8-9-20(14)24)29-13-21(27)25-17-6-2-4-15(11-17)22(28)26-18-7-3-5-16(23)12-18/h2-12H,13H2,1H3,(H,25,27)(H,26,28). The molecular weight excluding hydrogens is 411 g/mol. The molecule has 3 aromatic carbocycles. The fraction of sp³-hybridized carbons (Fsp3) is 0.0909. The maximum absolute atomic E-state index is 12.4. The van der Waals surface area contributed by atoms with E-state index in [4.69, 9.17) is 27.9 Å². The Morgan fingerprint density at radius 1 is 0.897 bits per heavy atom. The van der Waals surface area contributed by atoms with Crippen LogP contribution in [0.15, 0.2) is 66.7 Å². The lowest BCUT2D eigenvalue weighted by atomic mass is 10.2. The second kappa shape index (κ2) is 9.45. The lowest BCUT2D eigenvalue weighted by molar-refractivity contribution is -0.118. The maximum Gasteiger partial charge on any atom is 0.262 e. The van der Waals surface area contributed by atoms with E-state index in [-0.39, 0.29) is 18.4 Å². The predicted molar refractivity (Wildman–Crippen MR) is 116 cm³/mol. The van der Waals surface area contributed by atoms with Gasteiger partial charge in [0.25, 0.3) is 11.8 Å². The number of nitrogens with one attached hydrogen (secondary N) is 2. The molecule has 0 fully saturated rings. The zero-order valence-corrected chi connectivity index (χ0v) is 17.1. The van der Waals surface area contributed by atoms with Gasteiger partial charge in [0.05, 0.1) is 0 Å². The first kappa shape index (κ1) is 20.7. The summed E-state index contributed by atoms with van der Waals surface area (Å²) in [5.74, 6) is -0.0991. The molecule has 2 N–H and O–H groups in total. The van der Waals surface area contributed by atoms with Crippen molar-refractivity contribution in [2.75, 3.05) is 17.2 Å². The molecule has 2 amide bonds. The van der Waals surface area contributed by atoms with Crippen molar-refractivity contribution in [2.45, 2.75) is 6.92 Å². The number of anilines is 2. The van der Waals surface area contributed by atoms with E-state index in [1.54, 1.807) is 66.7 Å². The van der Waals surface area contributed by atoms with Gasteiger partial charge in [0.15, 0.2) is 6.61 Å². The third kappa shape index (κ3) is 5.98. The van der Waals surface area contributed by atoms with Crippen molar-refractivity contribution in [3.63, 3.8) is 0 Å². The molecule has 5 nitrogen and oxygen atoms in total. The van der Waals surface area contributed by atoms with Crippen LogP contribution in [-0.4, -0.2) is 18.4 Å². The Morgan fingerprint density at radius 3 is 2.34 bits per heavy atom. The van der Waals surface area contributed by atoms with E-state index < -0.39 is 0 Å². The molecule has 0 bridgehead atoms. The normalized spacial score (nSPS) is 10.3. The van der Waals surface area contributed by atoms with Gasteiger partial charge in [-0.2, -0.15) is 0 Å². The molecular formula is C22H18Cl2N2O3. The van der Waals surface area contributed by atoms with Gasteiger partial charge in [0, 0.05) is 27.0 Å². The molecule has 0 atom stereocenters. The Labute approximate surface area is 178 Å². The molecule has 0 saturated heterocycles.